The molecule has 1 rings (SSSR count). The molecule has 0 aliphatic rings. The number of carbonyl (C=O) groups is 1. The normalized spacial score (nSPS) is 10.3. The lowest BCUT2D eigenvalue weighted by Crippen LogP contribution is -2.11. The maximum absolute atomic E-state index is 11.4. The Morgan fingerprint density at radius 2 is 1.89 bits per heavy atom. The van der Waals surface area contributed by atoms with Crippen molar-refractivity contribution in [3.63, 3.8) is 0 Å². The van der Waals surface area contributed by atoms with Gasteiger partial charge in [-0.3, -0.25) is 4.79 Å². The van der Waals surface area contributed by atoms with Gasteiger partial charge in [0.2, 0.25) is 0 Å². The summed E-state index contributed by atoms with van der Waals surface area (Å²) in [5, 5.41) is 0. The van der Waals surface area contributed by atoms with E-state index in [0.29, 0.717) is 32.7 Å². The summed E-state index contributed by atoms with van der Waals surface area (Å²) in [6, 6.07) is 7.51. The Labute approximate surface area is 108 Å². The van der Waals surface area contributed by atoms with Crippen LogP contribution in [0.5, 0.6) is 0 Å². The Hall–Kier alpha value is -1.55. The summed E-state index contributed by atoms with van der Waals surface area (Å²) in [5.41, 5.74) is 7.40. The van der Waals surface area contributed by atoms with Crippen LogP contribution < -0.4 is 5.73 Å². The first-order valence-corrected chi connectivity index (χ1v) is 6.30. The second kappa shape index (κ2) is 8.53. The number of aryl methyl sites for hydroxylation is 1. The lowest BCUT2D eigenvalue weighted by atomic mass is 10.1. The number of hydrogen-bond acceptors (Lipinski definition) is 4. The Balaban J connectivity index is 2.11. The Morgan fingerprint density at radius 1 is 1.17 bits per heavy atom. The molecule has 0 fully saturated rings. The van der Waals surface area contributed by atoms with Gasteiger partial charge in [-0.15, -0.1) is 0 Å². The number of rotatable bonds is 8. The van der Waals surface area contributed by atoms with E-state index in [1.54, 1.807) is 0 Å². The van der Waals surface area contributed by atoms with Gasteiger partial charge in [-0.2, -0.15) is 0 Å². The third-order valence-corrected chi connectivity index (χ3v) is 2.44. The molecule has 2 N–H and O–H groups in total. The van der Waals surface area contributed by atoms with Gasteiger partial charge in [-0.25, -0.2) is 0 Å². The minimum absolute atomic E-state index is 0.188. The molecule has 4 nitrogen and oxygen atoms in total. The monoisotopic (exact) mass is 251 g/mol. The third-order valence-electron chi connectivity index (χ3n) is 2.44. The van der Waals surface area contributed by atoms with Crippen molar-refractivity contribution >= 4 is 11.7 Å². The number of ether oxygens (including phenoxy) is 2. The van der Waals surface area contributed by atoms with Gasteiger partial charge in [0.1, 0.15) is 6.61 Å². The molecule has 0 aliphatic carbocycles. The molecule has 1 aromatic carbocycles. The van der Waals surface area contributed by atoms with Gasteiger partial charge in [-0.05, 0) is 30.5 Å². The van der Waals surface area contributed by atoms with Crippen LogP contribution >= 0.6 is 0 Å². The molecule has 0 heterocycles. The van der Waals surface area contributed by atoms with Gasteiger partial charge in [0.15, 0.2) is 0 Å². The van der Waals surface area contributed by atoms with E-state index >= 15 is 0 Å². The fraction of sp³-hybridized carbons (Fsp3) is 0.500. The van der Waals surface area contributed by atoms with E-state index in [-0.39, 0.29) is 5.97 Å². The lowest BCUT2D eigenvalue weighted by molar-refractivity contribution is -0.145. The Kier molecular flexibility index (Phi) is 6.87. The zero-order valence-electron chi connectivity index (χ0n) is 10.9. The van der Waals surface area contributed by atoms with E-state index in [0.717, 1.165) is 17.7 Å². The van der Waals surface area contributed by atoms with E-state index in [4.69, 9.17) is 15.2 Å². The highest BCUT2D eigenvalue weighted by Crippen LogP contribution is 2.08. The van der Waals surface area contributed by atoms with Gasteiger partial charge < -0.3 is 15.2 Å². The molecule has 0 aliphatic heterocycles. The van der Waals surface area contributed by atoms with Crippen LogP contribution in [0, 0.1) is 0 Å². The summed E-state index contributed by atoms with van der Waals surface area (Å²) in [6.07, 6.45) is 2.04. The molecular weight excluding hydrogens is 230 g/mol. The van der Waals surface area contributed by atoms with Gasteiger partial charge in [0.05, 0.1) is 6.61 Å². The summed E-state index contributed by atoms with van der Waals surface area (Å²) in [6.45, 7) is 3.56. The molecule has 0 radical (unpaired) electrons. The minimum atomic E-state index is -0.188. The van der Waals surface area contributed by atoms with E-state index < -0.39 is 0 Å². The molecule has 1 aromatic rings. The first-order chi connectivity index (χ1) is 8.72. The van der Waals surface area contributed by atoms with Gasteiger partial charge in [0, 0.05) is 18.7 Å². The number of benzene rings is 1. The summed E-state index contributed by atoms with van der Waals surface area (Å²) in [7, 11) is 0. The van der Waals surface area contributed by atoms with Crippen LogP contribution in [0.2, 0.25) is 0 Å². The molecule has 0 saturated heterocycles. The van der Waals surface area contributed by atoms with Crippen molar-refractivity contribution in [1.29, 1.82) is 0 Å². The van der Waals surface area contributed by atoms with E-state index in [1.807, 2.05) is 31.2 Å². The predicted molar refractivity (Wildman–Crippen MR) is 71.2 cm³/mol. The smallest absolute Gasteiger partial charge is 0.306 e. The summed E-state index contributed by atoms with van der Waals surface area (Å²) >= 11 is 0. The first kappa shape index (κ1) is 14.5. The average molecular weight is 251 g/mol. The molecule has 0 atom stereocenters. The number of nitrogens with two attached hydrogens (primary N) is 1. The predicted octanol–water partition coefficient (Wildman–Crippen LogP) is 2.17. The topological polar surface area (TPSA) is 61.5 Å². The second-order valence-electron chi connectivity index (χ2n) is 4.07. The van der Waals surface area contributed by atoms with Crippen LogP contribution in [0.4, 0.5) is 5.69 Å². The zero-order valence-corrected chi connectivity index (χ0v) is 10.9. The largest absolute Gasteiger partial charge is 0.463 e. The second-order valence-corrected chi connectivity index (χ2v) is 4.07. The molecule has 4 heteroatoms. The van der Waals surface area contributed by atoms with Gasteiger partial charge in [-0.1, -0.05) is 19.1 Å². The van der Waals surface area contributed by atoms with Crippen molar-refractivity contribution in [2.24, 2.45) is 0 Å². The molecule has 18 heavy (non-hydrogen) atoms. The number of esters is 1. The van der Waals surface area contributed by atoms with Crippen molar-refractivity contribution in [3.8, 4) is 0 Å². The Morgan fingerprint density at radius 3 is 2.56 bits per heavy atom. The summed E-state index contributed by atoms with van der Waals surface area (Å²) in [4.78, 5) is 11.4. The maximum Gasteiger partial charge on any atom is 0.306 e. The maximum atomic E-state index is 11.4. The van der Waals surface area contributed by atoms with Crippen LogP contribution in [0.25, 0.3) is 0 Å². The number of nitrogen functional groups attached to an aromatic ring is 1. The van der Waals surface area contributed by atoms with E-state index in [1.165, 1.54) is 0 Å². The molecule has 0 spiro atoms. The fourth-order valence-electron chi connectivity index (χ4n) is 1.46. The minimum Gasteiger partial charge on any atom is -0.463 e. The van der Waals surface area contributed by atoms with Crippen molar-refractivity contribution in [1.82, 2.24) is 0 Å². The quantitative estimate of drug-likeness (QED) is 0.437. The van der Waals surface area contributed by atoms with Gasteiger partial charge >= 0.3 is 5.97 Å². The molecule has 100 valence electrons. The standard InChI is InChI=1S/C14H21NO3/c1-2-9-17-10-11-18-14(16)8-5-12-3-6-13(15)7-4-12/h3-4,6-7H,2,5,8-11,15H2,1H3. The highest BCUT2D eigenvalue weighted by atomic mass is 16.6. The van der Waals surface area contributed by atoms with Crippen molar-refractivity contribution < 1.29 is 14.3 Å². The van der Waals surface area contributed by atoms with Crippen molar-refractivity contribution in [3.05, 3.63) is 29.8 Å². The average Bonchev–Trinajstić information content (AvgIpc) is 2.38. The summed E-state index contributed by atoms with van der Waals surface area (Å²) in [5.74, 6) is -0.188. The lowest BCUT2D eigenvalue weighted by Gasteiger charge is -2.05. The molecular formula is C14H21NO3. The summed E-state index contributed by atoms with van der Waals surface area (Å²) < 4.78 is 10.3. The molecule has 0 amide bonds. The zero-order chi connectivity index (χ0) is 13.2. The Bertz CT molecular complexity index is 349. The van der Waals surface area contributed by atoms with Crippen LogP contribution in [0.3, 0.4) is 0 Å². The molecule has 0 saturated carbocycles. The molecule has 0 aromatic heterocycles. The van der Waals surface area contributed by atoms with Crippen LogP contribution in [0.1, 0.15) is 25.3 Å². The van der Waals surface area contributed by atoms with Crippen molar-refractivity contribution in [2.45, 2.75) is 26.2 Å². The number of carbonyl (C=O) groups excluding carboxylic acids is 1. The van der Waals surface area contributed by atoms with Gasteiger partial charge in [0.25, 0.3) is 0 Å². The van der Waals surface area contributed by atoms with Crippen LogP contribution in [-0.2, 0) is 20.7 Å². The highest BCUT2D eigenvalue weighted by molar-refractivity contribution is 5.69. The van der Waals surface area contributed by atoms with Crippen LogP contribution in [0.15, 0.2) is 24.3 Å². The van der Waals surface area contributed by atoms with Crippen LogP contribution in [-0.4, -0.2) is 25.8 Å². The van der Waals surface area contributed by atoms with E-state index in [9.17, 15) is 4.79 Å². The molecule has 0 unspecified atom stereocenters. The molecule has 0 bridgehead atoms. The first-order valence-electron chi connectivity index (χ1n) is 6.30. The van der Waals surface area contributed by atoms with Crippen molar-refractivity contribution in [2.75, 3.05) is 25.6 Å². The number of anilines is 1. The number of hydrogen-bond donors (Lipinski definition) is 1. The highest BCUT2D eigenvalue weighted by Gasteiger charge is 2.03. The SMILES string of the molecule is CCCOCCOC(=O)CCc1ccc(N)cc1. The fourth-order valence-corrected chi connectivity index (χ4v) is 1.46. The third kappa shape index (κ3) is 6.25. The van der Waals surface area contributed by atoms with E-state index in [2.05, 4.69) is 0 Å².